The number of rotatable bonds is 25. The molecule has 4 aliphatic carbocycles. The smallest absolute Gasteiger partial charge is 0.338 e. The molecule has 5 atom stereocenters. The third kappa shape index (κ3) is 11.7. The van der Waals surface area contributed by atoms with Gasteiger partial charge < -0.3 is 19.7 Å². The number of hydrogen-bond donors (Lipinski definition) is 1. The fourth-order valence-corrected chi connectivity index (χ4v) is 11.8. The first kappa shape index (κ1) is 44.2. The maximum Gasteiger partial charge on any atom is 0.338 e. The van der Waals surface area contributed by atoms with Crippen LogP contribution in [-0.4, -0.2) is 66.9 Å². The molecule has 8 heteroatoms. The van der Waals surface area contributed by atoms with Gasteiger partial charge in [-0.1, -0.05) is 100 Å². The van der Waals surface area contributed by atoms with Crippen LogP contribution in [0.5, 0.6) is 5.75 Å². The van der Waals surface area contributed by atoms with Crippen LogP contribution in [0, 0.1) is 28.6 Å². The molecule has 3 bridgehead atoms. The predicted molar refractivity (Wildman–Crippen MR) is 239 cm³/mol. The highest BCUT2D eigenvalue weighted by molar-refractivity contribution is 5.89. The van der Waals surface area contributed by atoms with Gasteiger partial charge in [-0.15, -0.1) is 0 Å². The number of nitrogens with one attached hydrogen (secondary N) is 1. The normalized spacial score (nSPS) is 25.5. The number of hydrogen-bond acceptors (Lipinski definition) is 6. The van der Waals surface area contributed by atoms with Crippen LogP contribution in [0.2, 0.25) is 0 Å². The van der Waals surface area contributed by atoms with Gasteiger partial charge in [-0.05, 0) is 129 Å². The maximum atomic E-state index is 13.1. The Morgan fingerprint density at radius 2 is 1.52 bits per heavy atom. The van der Waals surface area contributed by atoms with Gasteiger partial charge in [-0.2, -0.15) is 0 Å². The maximum absolute atomic E-state index is 13.1. The van der Waals surface area contributed by atoms with Gasteiger partial charge in [-0.25, -0.2) is 4.79 Å². The van der Waals surface area contributed by atoms with Gasteiger partial charge >= 0.3 is 5.97 Å². The average Bonchev–Trinajstić information content (AvgIpc) is 3.57. The molecule has 4 saturated carbocycles. The molecule has 5 unspecified atom stereocenters. The van der Waals surface area contributed by atoms with E-state index in [-0.39, 0.29) is 29.7 Å². The van der Waals surface area contributed by atoms with E-state index >= 15 is 0 Å². The first-order chi connectivity index (χ1) is 29.3. The molecule has 2 aromatic rings. The number of benzene rings is 2. The van der Waals surface area contributed by atoms with Crippen molar-refractivity contribution in [2.45, 2.75) is 142 Å². The van der Waals surface area contributed by atoms with Crippen molar-refractivity contribution in [3.8, 4) is 5.75 Å². The zero-order valence-electron chi connectivity index (χ0n) is 36.7. The molecule has 1 spiro atoms. The minimum absolute atomic E-state index is 0.0183. The van der Waals surface area contributed by atoms with Crippen LogP contribution < -0.4 is 10.1 Å². The molecule has 1 N–H and O–H groups in total. The van der Waals surface area contributed by atoms with Crippen molar-refractivity contribution in [3.05, 3.63) is 89.5 Å². The van der Waals surface area contributed by atoms with Crippen LogP contribution >= 0.6 is 0 Å². The standard InChI is InChI=1S/C52H73N3O5/c1-2-3-4-5-6-7-8-9-10-11-12-13-14-15-16-19-30-59-50(58)43-24-22-41(23-25-43)39-60-47-21-18-17-20-44(47)38-54-26-28-55(29-27-54)49(57)37-53-48(56)36-51-33-42-31-45-32-46(35-51)52(45,34-42)40-51/h6-7,9-10,17-18,20-25,42,45-46H,2-5,8,11-16,19,26-40H2,1H3,(H,53,56)/b7-6-,10-9-. The zero-order chi connectivity index (χ0) is 41.6. The fraction of sp³-hybridized carbons (Fsp3) is 0.635. The van der Waals surface area contributed by atoms with Gasteiger partial charge in [0.25, 0.3) is 0 Å². The second kappa shape index (κ2) is 21.7. The number of ether oxygens (including phenoxy) is 2. The Kier molecular flexibility index (Phi) is 16.0. The van der Waals surface area contributed by atoms with E-state index in [1.807, 2.05) is 47.4 Å². The quantitative estimate of drug-likeness (QED) is 0.0610. The van der Waals surface area contributed by atoms with Crippen molar-refractivity contribution in [2.24, 2.45) is 28.6 Å². The number of carbonyl (C=O) groups is 3. The zero-order valence-corrected chi connectivity index (χ0v) is 36.7. The average molecular weight is 820 g/mol. The van der Waals surface area contributed by atoms with Gasteiger partial charge in [-0.3, -0.25) is 14.5 Å². The molecule has 5 aliphatic rings. The molecule has 7 rings (SSSR count). The molecule has 0 aromatic heterocycles. The molecule has 2 amide bonds. The lowest BCUT2D eigenvalue weighted by molar-refractivity contribution is -0.135. The third-order valence-electron chi connectivity index (χ3n) is 14.8. The van der Waals surface area contributed by atoms with E-state index in [0.717, 1.165) is 79.9 Å². The Labute approximate surface area is 360 Å². The number of esters is 1. The lowest BCUT2D eigenvalue weighted by Gasteiger charge is -2.49. The van der Waals surface area contributed by atoms with E-state index in [0.29, 0.717) is 43.7 Å². The van der Waals surface area contributed by atoms with Gasteiger partial charge in [0, 0.05) is 44.7 Å². The summed E-state index contributed by atoms with van der Waals surface area (Å²) in [6.45, 7) is 6.80. The van der Waals surface area contributed by atoms with Crippen molar-refractivity contribution in [1.82, 2.24) is 15.1 Å². The Morgan fingerprint density at radius 3 is 2.30 bits per heavy atom. The van der Waals surface area contributed by atoms with Crippen molar-refractivity contribution in [2.75, 3.05) is 39.3 Å². The molecule has 60 heavy (non-hydrogen) atoms. The number of nitrogens with zero attached hydrogens (tertiary/aromatic N) is 2. The second-order valence-electron chi connectivity index (χ2n) is 19.2. The summed E-state index contributed by atoms with van der Waals surface area (Å²) in [4.78, 5) is 43.2. The second-order valence-corrected chi connectivity index (χ2v) is 19.2. The lowest BCUT2D eigenvalue weighted by atomic mass is 9.55. The number of fused-ring (bicyclic) bond motifs is 2. The summed E-state index contributed by atoms with van der Waals surface area (Å²) in [5.74, 6) is 3.28. The Bertz CT molecular complexity index is 1760. The third-order valence-corrected chi connectivity index (χ3v) is 14.8. The Morgan fingerprint density at radius 1 is 0.783 bits per heavy atom. The van der Waals surface area contributed by atoms with E-state index in [2.05, 4.69) is 47.5 Å². The van der Waals surface area contributed by atoms with Crippen LogP contribution in [-0.2, 0) is 27.5 Å². The number of piperazine rings is 1. The van der Waals surface area contributed by atoms with Crippen molar-refractivity contribution in [1.29, 1.82) is 0 Å². The largest absolute Gasteiger partial charge is 0.489 e. The van der Waals surface area contributed by atoms with E-state index in [1.54, 1.807) is 0 Å². The molecule has 326 valence electrons. The number of carbonyl (C=O) groups excluding carboxylic acids is 3. The molecule has 2 aromatic carbocycles. The van der Waals surface area contributed by atoms with E-state index in [4.69, 9.17) is 9.47 Å². The highest BCUT2D eigenvalue weighted by atomic mass is 16.5. The Balaban J connectivity index is 0.726. The topological polar surface area (TPSA) is 88.2 Å². The molecule has 1 aliphatic heterocycles. The first-order valence-electron chi connectivity index (χ1n) is 23.9. The fourth-order valence-electron chi connectivity index (χ4n) is 11.8. The van der Waals surface area contributed by atoms with Crippen LogP contribution in [0.1, 0.15) is 150 Å². The molecular formula is C52H73N3O5. The van der Waals surface area contributed by atoms with Gasteiger partial charge in [0.15, 0.2) is 0 Å². The lowest BCUT2D eigenvalue weighted by Crippen LogP contribution is -2.51. The van der Waals surface area contributed by atoms with Gasteiger partial charge in [0.05, 0.1) is 18.7 Å². The molecular weight excluding hydrogens is 747 g/mol. The van der Waals surface area contributed by atoms with Crippen LogP contribution in [0.3, 0.4) is 0 Å². The molecule has 1 heterocycles. The number of unbranched alkanes of at least 4 members (excludes halogenated alkanes) is 9. The number of amides is 2. The summed E-state index contributed by atoms with van der Waals surface area (Å²) in [5, 5.41) is 3.02. The Hall–Kier alpha value is -3.91. The summed E-state index contributed by atoms with van der Waals surface area (Å²) in [6.07, 6.45) is 32.0. The van der Waals surface area contributed by atoms with E-state index < -0.39 is 0 Å². The predicted octanol–water partition coefficient (Wildman–Crippen LogP) is 10.6. The van der Waals surface area contributed by atoms with Crippen molar-refractivity contribution in [3.63, 3.8) is 0 Å². The van der Waals surface area contributed by atoms with Crippen LogP contribution in [0.4, 0.5) is 0 Å². The van der Waals surface area contributed by atoms with Gasteiger partial charge in [0.2, 0.25) is 11.8 Å². The monoisotopic (exact) mass is 820 g/mol. The van der Waals surface area contributed by atoms with Gasteiger partial charge in [0.1, 0.15) is 12.4 Å². The highest BCUT2D eigenvalue weighted by Gasteiger charge is 2.70. The van der Waals surface area contributed by atoms with E-state index in [9.17, 15) is 14.4 Å². The van der Waals surface area contributed by atoms with Crippen molar-refractivity contribution < 1.29 is 23.9 Å². The molecule has 5 fully saturated rings. The summed E-state index contributed by atoms with van der Waals surface area (Å²) in [6, 6.07) is 15.6. The molecule has 1 saturated heterocycles. The summed E-state index contributed by atoms with van der Waals surface area (Å²) >= 11 is 0. The van der Waals surface area contributed by atoms with Crippen molar-refractivity contribution >= 4 is 17.8 Å². The molecule has 8 nitrogen and oxygen atoms in total. The summed E-state index contributed by atoms with van der Waals surface area (Å²) in [7, 11) is 0. The highest BCUT2D eigenvalue weighted by Crippen LogP contribution is 2.79. The minimum Gasteiger partial charge on any atom is -0.489 e. The summed E-state index contributed by atoms with van der Waals surface area (Å²) in [5.41, 5.74) is 3.43. The summed E-state index contributed by atoms with van der Waals surface area (Å²) < 4.78 is 11.9. The minimum atomic E-state index is -0.273. The SMILES string of the molecule is CCCCC/C=C\C/C=C\CCCCCCCCOC(=O)c1ccc(COc2ccccc2CN2CCN(C(=O)CNC(=O)CC34CC5CC6CC(C3)C6(C5)C4)CC2)cc1. The number of para-hydroxylation sites is 1. The first-order valence-corrected chi connectivity index (χ1v) is 23.9. The molecule has 0 radical (unpaired) electrons. The van der Waals surface area contributed by atoms with E-state index in [1.165, 1.54) is 89.9 Å². The number of allylic oxidation sites excluding steroid dienone is 4. The van der Waals surface area contributed by atoms with Crippen LogP contribution in [0.15, 0.2) is 72.8 Å². The van der Waals surface area contributed by atoms with Crippen LogP contribution in [0.25, 0.3) is 0 Å².